The summed E-state index contributed by atoms with van der Waals surface area (Å²) in [6, 6.07) is 16.6. The third-order valence-electron chi connectivity index (χ3n) is 5.37. The molecule has 0 atom stereocenters. The van der Waals surface area contributed by atoms with E-state index >= 15 is 0 Å². The molecular formula is C23H21F3N2O3. The number of aromatic nitrogens is 1. The maximum Gasteiger partial charge on any atom is 0.418 e. The first-order chi connectivity index (χ1) is 14.7. The highest BCUT2D eigenvalue weighted by Crippen LogP contribution is 2.35. The number of pyridine rings is 1. The predicted octanol–water partition coefficient (Wildman–Crippen LogP) is 4.38. The minimum absolute atomic E-state index is 0.0596. The fraction of sp³-hybridized carbons (Fsp3) is 0.261. The molecule has 8 heteroatoms. The summed E-state index contributed by atoms with van der Waals surface area (Å²) in [4.78, 5) is 12.9. The number of nitrogen functional groups attached to an aromatic ring is 1. The first-order valence-corrected chi connectivity index (χ1v) is 9.72. The zero-order valence-corrected chi connectivity index (χ0v) is 16.8. The van der Waals surface area contributed by atoms with Crippen molar-refractivity contribution in [1.29, 1.82) is 0 Å². The summed E-state index contributed by atoms with van der Waals surface area (Å²) in [5.74, 6) is -0.830. The molecule has 0 spiro atoms. The normalized spacial score (nSPS) is 15.9. The molecule has 1 aromatic heterocycles. The molecule has 2 N–H and O–H groups in total. The van der Waals surface area contributed by atoms with E-state index in [1.54, 1.807) is 42.5 Å². The number of hydrogen-bond acceptors (Lipinski definition) is 4. The molecule has 2 heterocycles. The van der Waals surface area contributed by atoms with Crippen LogP contribution in [0, 0.1) is 0 Å². The van der Waals surface area contributed by atoms with E-state index < -0.39 is 28.8 Å². The van der Waals surface area contributed by atoms with Crippen molar-refractivity contribution >= 4 is 5.69 Å². The largest absolute Gasteiger partial charge is 0.418 e. The Hall–Kier alpha value is -3.10. The van der Waals surface area contributed by atoms with Gasteiger partial charge in [0.05, 0.1) is 31.0 Å². The molecule has 0 aliphatic carbocycles. The maximum absolute atomic E-state index is 13.5. The number of benzene rings is 2. The summed E-state index contributed by atoms with van der Waals surface area (Å²) in [6.45, 7) is 2.88. The second-order valence-electron chi connectivity index (χ2n) is 7.45. The second-order valence-corrected chi connectivity index (χ2v) is 7.45. The molecule has 0 amide bonds. The van der Waals surface area contributed by atoms with E-state index in [-0.39, 0.29) is 12.2 Å². The van der Waals surface area contributed by atoms with Gasteiger partial charge in [-0.25, -0.2) is 0 Å². The molecule has 1 saturated heterocycles. The summed E-state index contributed by atoms with van der Waals surface area (Å²) >= 11 is 0. The van der Waals surface area contributed by atoms with Crippen LogP contribution in [-0.2, 0) is 28.0 Å². The summed E-state index contributed by atoms with van der Waals surface area (Å²) in [6.07, 6.45) is -4.73. The fourth-order valence-electron chi connectivity index (χ4n) is 3.68. The van der Waals surface area contributed by atoms with Crippen molar-refractivity contribution < 1.29 is 22.6 Å². The minimum atomic E-state index is -4.73. The zero-order chi connectivity index (χ0) is 22.2. The Kier molecular flexibility index (Phi) is 5.36. The van der Waals surface area contributed by atoms with Crippen LogP contribution in [0.3, 0.4) is 0 Å². The lowest BCUT2D eigenvalue weighted by atomic mass is 10.0. The lowest BCUT2D eigenvalue weighted by molar-refractivity contribution is -0.149. The minimum Gasteiger partial charge on any atom is -0.394 e. The van der Waals surface area contributed by atoms with Gasteiger partial charge in [-0.2, -0.15) is 13.2 Å². The van der Waals surface area contributed by atoms with Gasteiger partial charge in [-0.15, -0.1) is 0 Å². The van der Waals surface area contributed by atoms with Gasteiger partial charge in [0.15, 0.2) is 5.79 Å². The van der Waals surface area contributed by atoms with E-state index in [1.165, 1.54) is 4.57 Å². The van der Waals surface area contributed by atoms with Crippen LogP contribution in [0.2, 0.25) is 0 Å². The van der Waals surface area contributed by atoms with Gasteiger partial charge >= 0.3 is 6.18 Å². The molecule has 0 saturated carbocycles. The van der Waals surface area contributed by atoms with E-state index in [9.17, 15) is 18.0 Å². The van der Waals surface area contributed by atoms with Crippen molar-refractivity contribution in [3.8, 4) is 11.3 Å². The Labute approximate surface area is 176 Å². The van der Waals surface area contributed by atoms with Crippen LogP contribution in [0.15, 0.2) is 65.5 Å². The molecule has 4 rings (SSSR count). The molecule has 0 radical (unpaired) electrons. The van der Waals surface area contributed by atoms with E-state index in [0.717, 1.165) is 17.2 Å². The highest BCUT2D eigenvalue weighted by molar-refractivity contribution is 5.64. The zero-order valence-electron chi connectivity index (χ0n) is 16.8. The molecule has 0 bridgehead atoms. The fourth-order valence-corrected chi connectivity index (χ4v) is 3.68. The monoisotopic (exact) mass is 430 g/mol. The highest BCUT2D eigenvalue weighted by Gasteiger charge is 2.36. The van der Waals surface area contributed by atoms with E-state index in [0.29, 0.717) is 18.8 Å². The molecule has 1 aliphatic heterocycles. The Morgan fingerprint density at radius 3 is 2.23 bits per heavy atom. The molecule has 3 aromatic rings. The van der Waals surface area contributed by atoms with Crippen LogP contribution in [0.25, 0.3) is 11.3 Å². The average molecular weight is 430 g/mol. The summed E-state index contributed by atoms with van der Waals surface area (Å²) in [5.41, 5.74) is 4.95. The van der Waals surface area contributed by atoms with Crippen LogP contribution in [0.5, 0.6) is 0 Å². The van der Waals surface area contributed by atoms with Crippen molar-refractivity contribution in [2.24, 2.45) is 0 Å². The molecule has 0 unspecified atom stereocenters. The Morgan fingerprint density at radius 1 is 1.03 bits per heavy atom. The third-order valence-corrected chi connectivity index (χ3v) is 5.37. The molecule has 1 aliphatic rings. The number of hydrogen-bond donors (Lipinski definition) is 1. The van der Waals surface area contributed by atoms with Crippen molar-refractivity contribution in [3.63, 3.8) is 0 Å². The molecule has 2 aromatic carbocycles. The van der Waals surface area contributed by atoms with Crippen molar-refractivity contribution in [2.45, 2.75) is 25.4 Å². The Bertz CT molecular complexity index is 1130. The molecular weight excluding hydrogens is 409 g/mol. The first kappa shape index (κ1) is 21.1. The third kappa shape index (κ3) is 4.08. The lowest BCUT2D eigenvalue weighted by Gasteiger charge is -2.23. The number of halogens is 3. The molecule has 5 nitrogen and oxygen atoms in total. The van der Waals surface area contributed by atoms with Crippen molar-refractivity contribution in [2.75, 3.05) is 18.9 Å². The number of nitrogens with two attached hydrogens (primary N) is 1. The molecule has 162 valence electrons. The van der Waals surface area contributed by atoms with Gasteiger partial charge < -0.3 is 19.8 Å². The van der Waals surface area contributed by atoms with Gasteiger partial charge in [-0.1, -0.05) is 54.6 Å². The topological polar surface area (TPSA) is 66.5 Å². The van der Waals surface area contributed by atoms with E-state index in [2.05, 4.69) is 0 Å². The smallest absolute Gasteiger partial charge is 0.394 e. The van der Waals surface area contributed by atoms with E-state index in [1.807, 2.05) is 19.1 Å². The standard InChI is InChI=1S/C23H21F3N2O3/c1-22(30-11-12-31-22)17-9-7-15(8-10-17)14-28-19(16-5-3-2-4-6-16)13-18(23(24,25)26)20(27)21(28)29/h2-10,13H,11-12,14,27H2,1H3. The summed E-state index contributed by atoms with van der Waals surface area (Å²) in [7, 11) is 0. The van der Waals surface area contributed by atoms with Gasteiger partial charge in [0.25, 0.3) is 5.56 Å². The summed E-state index contributed by atoms with van der Waals surface area (Å²) < 4.78 is 52.9. The SMILES string of the molecule is CC1(c2ccc(Cn3c(-c4ccccc4)cc(C(F)(F)F)c(N)c3=O)cc2)OCCO1. The number of ether oxygens (including phenoxy) is 2. The number of nitrogens with zero attached hydrogens (tertiary/aromatic N) is 1. The van der Waals surface area contributed by atoms with Crippen LogP contribution >= 0.6 is 0 Å². The first-order valence-electron chi connectivity index (χ1n) is 9.72. The van der Waals surface area contributed by atoms with Crippen LogP contribution < -0.4 is 11.3 Å². The average Bonchev–Trinajstić information content (AvgIpc) is 3.19. The van der Waals surface area contributed by atoms with Crippen LogP contribution in [-0.4, -0.2) is 17.8 Å². The van der Waals surface area contributed by atoms with Gasteiger partial charge in [-0.3, -0.25) is 4.79 Å². The predicted molar refractivity (Wildman–Crippen MR) is 110 cm³/mol. The number of alkyl halides is 3. The Morgan fingerprint density at radius 2 is 1.65 bits per heavy atom. The van der Waals surface area contributed by atoms with Gasteiger partial charge in [0, 0.05) is 5.56 Å². The maximum atomic E-state index is 13.5. The number of rotatable bonds is 4. The lowest BCUT2D eigenvalue weighted by Crippen LogP contribution is -2.28. The van der Waals surface area contributed by atoms with Gasteiger partial charge in [-0.05, 0) is 24.1 Å². The van der Waals surface area contributed by atoms with Crippen molar-refractivity contribution in [3.05, 3.63) is 87.7 Å². The van der Waals surface area contributed by atoms with Crippen molar-refractivity contribution in [1.82, 2.24) is 4.57 Å². The van der Waals surface area contributed by atoms with Crippen LogP contribution in [0.1, 0.15) is 23.6 Å². The van der Waals surface area contributed by atoms with Crippen LogP contribution in [0.4, 0.5) is 18.9 Å². The summed E-state index contributed by atoms with van der Waals surface area (Å²) in [5, 5.41) is 0. The quantitative estimate of drug-likeness (QED) is 0.667. The number of anilines is 1. The Balaban J connectivity index is 1.77. The highest BCUT2D eigenvalue weighted by atomic mass is 19.4. The molecule has 1 fully saturated rings. The second kappa shape index (κ2) is 7.86. The van der Waals surface area contributed by atoms with Gasteiger partial charge in [0.2, 0.25) is 0 Å². The molecule has 31 heavy (non-hydrogen) atoms. The van der Waals surface area contributed by atoms with E-state index in [4.69, 9.17) is 15.2 Å². The van der Waals surface area contributed by atoms with Gasteiger partial charge in [0.1, 0.15) is 5.69 Å².